The maximum atomic E-state index is 11.9. The van der Waals surface area contributed by atoms with Crippen LogP contribution < -0.4 is 10.8 Å². The molecule has 1 aliphatic rings. The lowest BCUT2D eigenvalue weighted by Gasteiger charge is -2.32. The van der Waals surface area contributed by atoms with Gasteiger partial charge in [0, 0.05) is 6.54 Å². The fraction of sp³-hybridized carbons (Fsp3) is 0.636. The van der Waals surface area contributed by atoms with Gasteiger partial charge in [0.15, 0.2) is 0 Å². The van der Waals surface area contributed by atoms with E-state index in [4.69, 9.17) is 14.0 Å². The lowest BCUT2D eigenvalue weighted by Crippen LogP contribution is -2.41. The van der Waals surface area contributed by atoms with Gasteiger partial charge in [0.25, 0.3) is 0 Å². The average molecular weight is 419 g/mol. The van der Waals surface area contributed by atoms with Crippen molar-refractivity contribution in [1.82, 2.24) is 5.32 Å². The van der Waals surface area contributed by atoms with Gasteiger partial charge in [-0.25, -0.2) is 0 Å². The van der Waals surface area contributed by atoms with Crippen molar-refractivity contribution in [2.75, 3.05) is 6.54 Å². The van der Waals surface area contributed by atoms with Gasteiger partial charge in [-0.1, -0.05) is 12.1 Å². The molecule has 0 unspecified atom stereocenters. The Morgan fingerprint density at radius 2 is 1.70 bits per heavy atom. The molecule has 1 aromatic rings. The standard InChI is InChI=1S/C22H34BNO6/c1-14-16(11-18(25)26)9-15(12-24-13-19(27)28-20(2,3)4)10-17(14)23-29-21(5,6)22(7,8)30-23/h9-10,24H,11-13H2,1-8H3,(H,25,26). The Labute approximate surface area is 179 Å². The zero-order chi connectivity index (χ0) is 22.9. The van der Waals surface area contributed by atoms with Crippen molar-refractivity contribution in [3.63, 3.8) is 0 Å². The lowest BCUT2D eigenvalue weighted by atomic mass is 9.74. The van der Waals surface area contributed by atoms with Gasteiger partial charge in [0.2, 0.25) is 0 Å². The van der Waals surface area contributed by atoms with E-state index in [0.717, 1.165) is 16.6 Å². The van der Waals surface area contributed by atoms with E-state index in [2.05, 4.69) is 5.32 Å². The number of aliphatic carboxylic acids is 1. The molecule has 1 heterocycles. The SMILES string of the molecule is Cc1c(CC(=O)O)cc(CNCC(=O)OC(C)(C)C)cc1B1OC(C)(C)C(C)(C)O1. The van der Waals surface area contributed by atoms with Gasteiger partial charge in [-0.15, -0.1) is 0 Å². The Balaban J connectivity index is 2.24. The number of carbonyl (C=O) groups excluding carboxylic acids is 1. The quantitative estimate of drug-likeness (QED) is 0.518. The molecule has 0 atom stereocenters. The number of carbonyl (C=O) groups is 2. The molecular weight excluding hydrogens is 385 g/mol. The first-order valence-corrected chi connectivity index (χ1v) is 10.2. The highest BCUT2D eigenvalue weighted by Crippen LogP contribution is 2.37. The van der Waals surface area contributed by atoms with Crippen LogP contribution in [0, 0.1) is 6.92 Å². The van der Waals surface area contributed by atoms with E-state index >= 15 is 0 Å². The fourth-order valence-electron chi connectivity index (χ4n) is 3.22. The van der Waals surface area contributed by atoms with Crippen molar-refractivity contribution in [2.45, 2.75) is 85.2 Å². The minimum atomic E-state index is -0.906. The molecule has 0 spiro atoms. The topological polar surface area (TPSA) is 94.1 Å². The molecular formula is C22H34BNO6. The molecule has 1 saturated heterocycles. The van der Waals surface area contributed by atoms with Gasteiger partial charge in [-0.05, 0) is 77.5 Å². The minimum Gasteiger partial charge on any atom is -0.481 e. The molecule has 1 aromatic carbocycles. The van der Waals surface area contributed by atoms with Gasteiger partial charge in [0.1, 0.15) is 5.60 Å². The zero-order valence-electron chi connectivity index (χ0n) is 19.3. The number of nitrogens with one attached hydrogen (secondary N) is 1. The van der Waals surface area contributed by atoms with E-state index in [0.29, 0.717) is 12.1 Å². The zero-order valence-corrected chi connectivity index (χ0v) is 19.3. The van der Waals surface area contributed by atoms with Crippen LogP contribution in [0.5, 0.6) is 0 Å². The van der Waals surface area contributed by atoms with Crippen LogP contribution in [0.1, 0.15) is 65.2 Å². The third-order valence-corrected chi connectivity index (χ3v) is 5.48. The van der Waals surface area contributed by atoms with Crippen molar-refractivity contribution in [3.05, 3.63) is 28.8 Å². The molecule has 1 aliphatic heterocycles. The summed E-state index contributed by atoms with van der Waals surface area (Å²) in [4.78, 5) is 23.3. The molecule has 0 bridgehead atoms. The van der Waals surface area contributed by atoms with Gasteiger partial charge >= 0.3 is 19.1 Å². The van der Waals surface area contributed by atoms with Crippen LogP contribution in [0.25, 0.3) is 0 Å². The predicted molar refractivity (Wildman–Crippen MR) is 116 cm³/mol. The van der Waals surface area contributed by atoms with Crippen LogP contribution in [0.4, 0.5) is 0 Å². The summed E-state index contributed by atoms with van der Waals surface area (Å²) in [6, 6.07) is 3.80. The minimum absolute atomic E-state index is 0.0607. The molecule has 166 valence electrons. The number of hydrogen-bond acceptors (Lipinski definition) is 6. The Morgan fingerprint density at radius 3 is 2.20 bits per heavy atom. The first-order valence-electron chi connectivity index (χ1n) is 10.2. The van der Waals surface area contributed by atoms with E-state index in [9.17, 15) is 14.7 Å². The molecule has 0 amide bonds. The number of carboxylic acid groups (broad SMARTS) is 1. The summed E-state index contributed by atoms with van der Waals surface area (Å²) in [7, 11) is -0.589. The van der Waals surface area contributed by atoms with Crippen LogP contribution >= 0.6 is 0 Å². The van der Waals surface area contributed by atoms with E-state index in [1.165, 1.54) is 0 Å². The van der Waals surface area contributed by atoms with Crippen LogP contribution in [-0.2, 0) is 36.6 Å². The lowest BCUT2D eigenvalue weighted by molar-refractivity contribution is -0.153. The fourth-order valence-corrected chi connectivity index (χ4v) is 3.22. The number of hydrogen-bond donors (Lipinski definition) is 2. The molecule has 7 nitrogen and oxygen atoms in total. The Morgan fingerprint density at radius 1 is 1.13 bits per heavy atom. The summed E-state index contributed by atoms with van der Waals surface area (Å²) >= 11 is 0. The monoisotopic (exact) mass is 419 g/mol. The first kappa shape index (κ1) is 24.4. The number of carboxylic acids is 1. The number of esters is 1. The van der Waals surface area contributed by atoms with Crippen molar-refractivity contribution >= 4 is 24.5 Å². The summed E-state index contributed by atoms with van der Waals surface area (Å²) in [6.07, 6.45) is -0.0990. The second kappa shape index (κ2) is 8.69. The third-order valence-electron chi connectivity index (χ3n) is 5.48. The normalized spacial score (nSPS) is 17.8. The molecule has 2 rings (SSSR count). The van der Waals surface area contributed by atoms with Crippen molar-refractivity contribution < 1.29 is 28.7 Å². The second-order valence-electron chi connectivity index (χ2n) is 9.82. The second-order valence-corrected chi connectivity index (χ2v) is 9.82. The average Bonchev–Trinajstić information content (AvgIpc) is 2.75. The molecule has 1 fully saturated rings. The summed E-state index contributed by atoms with van der Waals surface area (Å²) in [6.45, 7) is 15.7. The molecule has 0 radical (unpaired) electrons. The molecule has 0 saturated carbocycles. The molecule has 0 aliphatic carbocycles. The highest BCUT2D eigenvalue weighted by atomic mass is 16.7. The van der Waals surface area contributed by atoms with E-state index in [-0.39, 0.29) is 18.9 Å². The van der Waals surface area contributed by atoms with Crippen LogP contribution in [0.3, 0.4) is 0 Å². The summed E-state index contributed by atoms with van der Waals surface area (Å²) < 4.78 is 17.7. The van der Waals surface area contributed by atoms with Crippen LogP contribution in [0.2, 0.25) is 0 Å². The number of benzene rings is 1. The highest BCUT2D eigenvalue weighted by Gasteiger charge is 2.52. The Hall–Kier alpha value is -1.90. The largest absolute Gasteiger partial charge is 0.495 e. The maximum absolute atomic E-state index is 11.9. The highest BCUT2D eigenvalue weighted by molar-refractivity contribution is 6.62. The summed E-state index contributed by atoms with van der Waals surface area (Å²) in [5.74, 6) is -1.25. The third kappa shape index (κ3) is 6.06. The smallest absolute Gasteiger partial charge is 0.481 e. The molecule has 30 heavy (non-hydrogen) atoms. The van der Waals surface area contributed by atoms with Crippen molar-refractivity contribution in [2.24, 2.45) is 0 Å². The number of rotatable bonds is 7. The number of ether oxygens (including phenoxy) is 1. The van der Waals surface area contributed by atoms with Crippen LogP contribution in [0.15, 0.2) is 12.1 Å². The molecule has 0 aromatic heterocycles. The summed E-state index contributed by atoms with van der Waals surface area (Å²) in [5, 5.41) is 12.4. The Kier molecular flexibility index (Phi) is 7.06. The maximum Gasteiger partial charge on any atom is 0.495 e. The van der Waals surface area contributed by atoms with Crippen molar-refractivity contribution in [3.8, 4) is 0 Å². The van der Waals surface area contributed by atoms with E-state index < -0.39 is 29.9 Å². The van der Waals surface area contributed by atoms with E-state index in [1.807, 2.05) is 67.5 Å². The van der Waals surface area contributed by atoms with Crippen molar-refractivity contribution in [1.29, 1.82) is 0 Å². The first-order chi connectivity index (χ1) is 13.6. The molecule has 8 heteroatoms. The summed E-state index contributed by atoms with van der Waals surface area (Å²) in [5.41, 5.74) is 1.66. The van der Waals surface area contributed by atoms with Gasteiger partial charge in [0.05, 0.1) is 24.2 Å². The van der Waals surface area contributed by atoms with E-state index in [1.54, 1.807) is 0 Å². The van der Waals surface area contributed by atoms with Gasteiger partial charge < -0.3 is 24.5 Å². The molecule has 2 N–H and O–H groups in total. The van der Waals surface area contributed by atoms with Gasteiger partial charge in [-0.2, -0.15) is 0 Å². The van der Waals surface area contributed by atoms with Gasteiger partial charge in [-0.3, -0.25) is 9.59 Å². The Bertz CT molecular complexity index is 797. The van der Waals surface area contributed by atoms with Crippen LogP contribution in [-0.4, -0.2) is 47.5 Å². The predicted octanol–water partition coefficient (Wildman–Crippen LogP) is 2.35.